The van der Waals surface area contributed by atoms with Gasteiger partial charge in [-0.2, -0.15) is 0 Å². The molecule has 1 saturated heterocycles. The molecule has 1 nitrogen and oxygen atoms in total. The normalized spacial score (nSPS) is 26.4. The van der Waals surface area contributed by atoms with Gasteiger partial charge in [-0.05, 0) is 103 Å². The summed E-state index contributed by atoms with van der Waals surface area (Å²) >= 11 is 0. The molecule has 0 saturated carbocycles. The topological polar surface area (TPSA) is 9.23 Å². The Balaban J connectivity index is 1.13. The number of ether oxygens (including phenoxy) is 1. The molecule has 0 N–H and O–H groups in total. The molecular weight excluding hydrogens is 617 g/mol. The maximum atomic E-state index is 6.74. The van der Waals surface area contributed by atoms with Crippen molar-refractivity contribution < 1.29 is 4.74 Å². The van der Waals surface area contributed by atoms with Crippen LogP contribution in [0.25, 0.3) is 28.0 Å². The molecule has 0 aromatic heterocycles. The molecule has 6 atom stereocenters. The van der Waals surface area contributed by atoms with Gasteiger partial charge in [-0.15, -0.1) is 0 Å². The summed E-state index contributed by atoms with van der Waals surface area (Å²) in [5.74, 6) is 1.05. The molecule has 5 aliphatic carbocycles. The van der Waals surface area contributed by atoms with Crippen molar-refractivity contribution in [3.05, 3.63) is 220 Å². The summed E-state index contributed by atoms with van der Waals surface area (Å²) in [5, 5.41) is 2.58. The maximum absolute atomic E-state index is 6.74. The van der Waals surface area contributed by atoms with Crippen LogP contribution in [0.1, 0.15) is 63.0 Å². The van der Waals surface area contributed by atoms with Crippen molar-refractivity contribution in [3.8, 4) is 0 Å². The van der Waals surface area contributed by atoms with Crippen molar-refractivity contribution in [1.29, 1.82) is 0 Å². The Bertz CT molecular complexity index is 2490. The van der Waals surface area contributed by atoms with Crippen molar-refractivity contribution >= 4 is 28.0 Å². The molecule has 0 spiro atoms. The van der Waals surface area contributed by atoms with Gasteiger partial charge in [0.2, 0.25) is 0 Å². The number of allylic oxidation sites excluding steroid dienone is 9. The van der Waals surface area contributed by atoms with Crippen LogP contribution < -0.4 is 0 Å². The Morgan fingerprint density at radius 2 is 1.47 bits per heavy atom. The minimum Gasteiger partial charge on any atom is -0.365 e. The van der Waals surface area contributed by atoms with Crippen molar-refractivity contribution in [1.82, 2.24) is 0 Å². The van der Waals surface area contributed by atoms with Crippen molar-refractivity contribution in [3.63, 3.8) is 0 Å². The van der Waals surface area contributed by atoms with Crippen LogP contribution in [0, 0.1) is 17.8 Å². The minimum absolute atomic E-state index is 0.0745. The van der Waals surface area contributed by atoms with Crippen LogP contribution in [0.2, 0.25) is 0 Å². The highest BCUT2D eigenvalue weighted by molar-refractivity contribution is 5.93. The van der Waals surface area contributed by atoms with Crippen LogP contribution in [0.5, 0.6) is 0 Å². The Morgan fingerprint density at radius 1 is 0.647 bits per heavy atom. The van der Waals surface area contributed by atoms with Gasteiger partial charge in [-0.3, -0.25) is 0 Å². The van der Waals surface area contributed by atoms with Gasteiger partial charge in [-0.1, -0.05) is 158 Å². The SMILES string of the molecule is C1=CC2OC3c4ccccc4C(C4=CC5=C(c6ccc7c(c6)C=CCC7)c6ccccc6C(c6ccc7ccccc7c6)C5C=C4)=CC3C2C=C1. The van der Waals surface area contributed by atoms with Gasteiger partial charge in [-0.25, -0.2) is 0 Å². The molecule has 5 aromatic rings. The van der Waals surface area contributed by atoms with Gasteiger partial charge in [0.1, 0.15) is 0 Å². The maximum Gasteiger partial charge on any atom is 0.0908 e. The monoisotopic (exact) mass is 654 g/mol. The van der Waals surface area contributed by atoms with Crippen LogP contribution in [0.4, 0.5) is 0 Å². The summed E-state index contributed by atoms with van der Waals surface area (Å²) in [6.07, 6.45) is 26.0. The molecule has 1 aliphatic heterocycles. The Hall–Kier alpha value is -5.50. The molecule has 1 heterocycles. The highest BCUT2D eigenvalue weighted by atomic mass is 16.5. The van der Waals surface area contributed by atoms with E-state index in [4.69, 9.17) is 4.74 Å². The summed E-state index contributed by atoms with van der Waals surface area (Å²) in [5.41, 5.74) is 16.2. The third-order valence-electron chi connectivity index (χ3n) is 12.3. The largest absolute Gasteiger partial charge is 0.365 e. The van der Waals surface area contributed by atoms with Crippen molar-refractivity contribution in [2.45, 2.75) is 31.0 Å². The summed E-state index contributed by atoms with van der Waals surface area (Å²) in [6.45, 7) is 0. The van der Waals surface area contributed by atoms with Gasteiger partial charge in [0, 0.05) is 23.7 Å². The van der Waals surface area contributed by atoms with Gasteiger partial charge < -0.3 is 4.74 Å². The van der Waals surface area contributed by atoms with Crippen LogP contribution in [-0.2, 0) is 11.2 Å². The zero-order chi connectivity index (χ0) is 33.5. The van der Waals surface area contributed by atoms with E-state index in [1.807, 2.05) is 0 Å². The Labute approximate surface area is 300 Å². The fourth-order valence-corrected chi connectivity index (χ4v) is 9.91. The van der Waals surface area contributed by atoms with E-state index in [0.717, 1.165) is 12.8 Å². The van der Waals surface area contributed by atoms with Crippen LogP contribution in [-0.4, -0.2) is 6.10 Å². The molecule has 1 fully saturated rings. The number of benzene rings is 5. The number of rotatable bonds is 3. The third-order valence-corrected chi connectivity index (χ3v) is 12.3. The second-order valence-electron chi connectivity index (χ2n) is 15.0. The van der Waals surface area contributed by atoms with Crippen LogP contribution in [0.15, 0.2) is 175 Å². The molecule has 6 aliphatic rings. The predicted octanol–water partition coefficient (Wildman–Crippen LogP) is 11.8. The lowest BCUT2D eigenvalue weighted by molar-refractivity contribution is 0.0584. The fourth-order valence-electron chi connectivity index (χ4n) is 9.91. The number of fused-ring (bicyclic) bond motifs is 9. The number of hydrogen-bond acceptors (Lipinski definition) is 1. The van der Waals surface area contributed by atoms with Gasteiger partial charge >= 0.3 is 0 Å². The molecular formula is C50H38O. The molecule has 5 aromatic carbocycles. The van der Waals surface area contributed by atoms with E-state index in [-0.39, 0.29) is 24.0 Å². The second-order valence-corrected chi connectivity index (χ2v) is 15.0. The zero-order valence-corrected chi connectivity index (χ0v) is 28.5. The Morgan fingerprint density at radius 3 is 2.41 bits per heavy atom. The first-order chi connectivity index (χ1) is 25.3. The third kappa shape index (κ3) is 4.58. The molecule has 1 heteroatoms. The van der Waals surface area contributed by atoms with Crippen LogP contribution in [0.3, 0.4) is 0 Å². The smallest absolute Gasteiger partial charge is 0.0908 e. The van der Waals surface area contributed by atoms with Gasteiger partial charge in [0.25, 0.3) is 0 Å². The number of aryl methyl sites for hydroxylation is 1. The molecule has 0 bridgehead atoms. The second kappa shape index (κ2) is 11.5. The standard InChI is InChI=1S/C50H38O/c1-3-13-33-27-36(23-21-31(33)11-1)48-40-17-6-7-18-41(40)49(37-24-22-32-12-2-4-14-34(32)28-37)45-29-35(25-26-42(45)48)44-30-46-39-16-9-10-20-47(39)51-50(46)43-19-8-5-15-38(43)44/h1,3-11,13-30,39,42,46-48,50H,2,12H2. The Kier molecular flexibility index (Phi) is 6.61. The molecule has 51 heavy (non-hydrogen) atoms. The highest BCUT2D eigenvalue weighted by Crippen LogP contribution is 2.55. The van der Waals surface area contributed by atoms with E-state index in [1.165, 1.54) is 77.6 Å². The minimum atomic E-state index is 0.0745. The first-order valence-electron chi connectivity index (χ1n) is 18.6. The average molecular weight is 655 g/mol. The van der Waals surface area contributed by atoms with E-state index in [2.05, 4.69) is 170 Å². The lowest BCUT2D eigenvalue weighted by Gasteiger charge is -2.38. The van der Waals surface area contributed by atoms with Crippen molar-refractivity contribution in [2.75, 3.05) is 0 Å². The van der Waals surface area contributed by atoms with E-state index in [1.54, 1.807) is 0 Å². The summed E-state index contributed by atoms with van der Waals surface area (Å²) in [4.78, 5) is 0. The molecule has 0 radical (unpaired) electrons. The summed E-state index contributed by atoms with van der Waals surface area (Å²) in [7, 11) is 0. The predicted molar refractivity (Wildman–Crippen MR) is 210 cm³/mol. The number of hydrogen-bond donors (Lipinski definition) is 0. The lowest BCUT2D eigenvalue weighted by Crippen LogP contribution is -2.24. The zero-order valence-electron chi connectivity index (χ0n) is 28.5. The first-order valence-corrected chi connectivity index (χ1v) is 18.6. The highest BCUT2D eigenvalue weighted by Gasteiger charge is 2.46. The molecule has 11 rings (SSSR count). The van der Waals surface area contributed by atoms with Crippen LogP contribution >= 0.6 is 0 Å². The van der Waals surface area contributed by atoms with Gasteiger partial charge in [0.05, 0.1) is 12.2 Å². The van der Waals surface area contributed by atoms with E-state index in [0.29, 0.717) is 11.8 Å². The van der Waals surface area contributed by atoms with E-state index < -0.39 is 0 Å². The van der Waals surface area contributed by atoms with Gasteiger partial charge in [0.15, 0.2) is 0 Å². The summed E-state index contributed by atoms with van der Waals surface area (Å²) < 4.78 is 6.74. The van der Waals surface area contributed by atoms with E-state index >= 15 is 0 Å². The fraction of sp³-hybridized carbons (Fsp3) is 0.160. The first kappa shape index (κ1) is 29.3. The van der Waals surface area contributed by atoms with Crippen molar-refractivity contribution in [2.24, 2.45) is 17.8 Å². The molecule has 6 unspecified atom stereocenters. The molecule has 0 amide bonds. The molecule has 244 valence electrons. The van der Waals surface area contributed by atoms with E-state index in [9.17, 15) is 0 Å². The quantitative estimate of drug-likeness (QED) is 0.188. The summed E-state index contributed by atoms with van der Waals surface area (Å²) in [6, 6.07) is 41.2. The lowest BCUT2D eigenvalue weighted by atomic mass is 9.65. The average Bonchev–Trinajstić information content (AvgIpc) is 3.58.